The summed E-state index contributed by atoms with van der Waals surface area (Å²) in [6.07, 6.45) is 4.55. The van der Waals surface area contributed by atoms with Crippen LogP contribution in [0, 0.1) is 5.92 Å². The van der Waals surface area contributed by atoms with Gasteiger partial charge in [0.2, 0.25) is 0 Å². The van der Waals surface area contributed by atoms with E-state index >= 15 is 0 Å². The summed E-state index contributed by atoms with van der Waals surface area (Å²) in [4.78, 5) is 2.55. The minimum atomic E-state index is 0.708. The Morgan fingerprint density at radius 2 is 2.28 bits per heavy atom. The number of hydrogen-bond donors (Lipinski definition) is 1. The molecule has 1 fully saturated rings. The van der Waals surface area contributed by atoms with Gasteiger partial charge in [-0.15, -0.1) is 0 Å². The Morgan fingerprint density at radius 3 is 2.89 bits per heavy atom. The lowest BCUT2D eigenvalue weighted by atomic mass is 9.90. The fraction of sp³-hybridized carbons (Fsp3) is 0.786. The molecule has 0 amide bonds. The van der Waals surface area contributed by atoms with Gasteiger partial charge in [0.1, 0.15) is 0 Å². The molecule has 102 valence electrons. The van der Waals surface area contributed by atoms with Gasteiger partial charge in [0, 0.05) is 38.9 Å². The molecule has 1 aliphatic rings. The van der Waals surface area contributed by atoms with E-state index < -0.39 is 0 Å². The minimum Gasteiger partial charge on any atom is -0.314 e. The van der Waals surface area contributed by atoms with Crippen LogP contribution in [0.1, 0.15) is 32.4 Å². The summed E-state index contributed by atoms with van der Waals surface area (Å²) in [6, 6.07) is 2.83. The predicted molar refractivity (Wildman–Crippen MR) is 74.3 cm³/mol. The zero-order valence-corrected chi connectivity index (χ0v) is 11.9. The Kier molecular flexibility index (Phi) is 4.78. The van der Waals surface area contributed by atoms with Crippen molar-refractivity contribution in [2.75, 3.05) is 19.6 Å². The van der Waals surface area contributed by atoms with E-state index in [1.54, 1.807) is 0 Å². The van der Waals surface area contributed by atoms with Gasteiger partial charge in [-0.2, -0.15) is 5.10 Å². The van der Waals surface area contributed by atoms with Gasteiger partial charge in [-0.25, -0.2) is 0 Å². The van der Waals surface area contributed by atoms with E-state index in [0.717, 1.165) is 19.0 Å². The van der Waals surface area contributed by atoms with Gasteiger partial charge in [-0.3, -0.25) is 9.58 Å². The molecule has 0 aliphatic carbocycles. The molecule has 0 spiro atoms. The molecule has 4 nitrogen and oxygen atoms in total. The molecule has 0 radical (unpaired) electrons. The molecule has 0 saturated carbocycles. The lowest BCUT2D eigenvalue weighted by Gasteiger charge is -2.38. The smallest absolute Gasteiger partial charge is 0.0764 e. The summed E-state index contributed by atoms with van der Waals surface area (Å²) in [7, 11) is 1.98. The van der Waals surface area contributed by atoms with Gasteiger partial charge in [0.25, 0.3) is 0 Å². The molecule has 2 rings (SSSR count). The van der Waals surface area contributed by atoms with Gasteiger partial charge in [0.05, 0.1) is 5.69 Å². The maximum atomic E-state index is 4.47. The fourth-order valence-electron chi connectivity index (χ4n) is 2.97. The molecule has 1 aromatic rings. The lowest BCUT2D eigenvalue weighted by Crippen LogP contribution is -2.48. The Bertz CT molecular complexity index is 360. The summed E-state index contributed by atoms with van der Waals surface area (Å²) >= 11 is 0. The Labute approximate surface area is 110 Å². The first-order chi connectivity index (χ1) is 8.72. The zero-order valence-electron chi connectivity index (χ0n) is 11.9. The van der Waals surface area contributed by atoms with Crippen LogP contribution in [0.15, 0.2) is 12.3 Å². The maximum absolute atomic E-state index is 4.47. The fourth-order valence-corrected chi connectivity index (χ4v) is 2.97. The Hall–Kier alpha value is -0.870. The molecule has 0 aromatic carbocycles. The van der Waals surface area contributed by atoms with Crippen molar-refractivity contribution in [2.24, 2.45) is 13.0 Å². The van der Waals surface area contributed by atoms with Crippen molar-refractivity contribution in [1.29, 1.82) is 0 Å². The second-order valence-corrected chi connectivity index (χ2v) is 5.34. The zero-order chi connectivity index (χ0) is 13.0. The van der Waals surface area contributed by atoms with Crippen molar-refractivity contribution in [3.63, 3.8) is 0 Å². The molecule has 2 heterocycles. The highest BCUT2D eigenvalue weighted by Crippen LogP contribution is 2.21. The summed E-state index contributed by atoms with van der Waals surface area (Å²) in [5.74, 6) is 0.780. The third-order valence-electron chi connectivity index (χ3n) is 3.96. The normalized spacial score (nSPS) is 25.5. The number of aromatic nitrogens is 2. The van der Waals surface area contributed by atoms with Crippen LogP contribution in [0.2, 0.25) is 0 Å². The number of likely N-dealkylation sites (tertiary alicyclic amines) is 1. The standard InChI is InChI=1S/C14H26N4/c1-4-12-10-18(9-7-14(12)15-5-2)11-13-6-8-17(3)16-13/h6,8,12,14-15H,4-5,7,9-11H2,1-3H3. The average molecular weight is 250 g/mol. The predicted octanol–water partition coefficient (Wildman–Crippen LogP) is 1.63. The van der Waals surface area contributed by atoms with Gasteiger partial charge in [-0.05, 0) is 24.9 Å². The van der Waals surface area contributed by atoms with Crippen molar-refractivity contribution < 1.29 is 0 Å². The van der Waals surface area contributed by atoms with E-state index in [9.17, 15) is 0 Å². The topological polar surface area (TPSA) is 33.1 Å². The first-order valence-corrected chi connectivity index (χ1v) is 7.17. The lowest BCUT2D eigenvalue weighted by molar-refractivity contribution is 0.128. The SMILES string of the molecule is CCNC1CCN(Cc2ccn(C)n2)CC1CC. The molecule has 18 heavy (non-hydrogen) atoms. The highest BCUT2D eigenvalue weighted by atomic mass is 15.3. The number of hydrogen-bond acceptors (Lipinski definition) is 3. The van der Waals surface area contributed by atoms with Crippen LogP contribution < -0.4 is 5.32 Å². The van der Waals surface area contributed by atoms with Crippen LogP contribution >= 0.6 is 0 Å². The van der Waals surface area contributed by atoms with E-state index in [1.807, 2.05) is 17.9 Å². The number of rotatable bonds is 5. The number of nitrogens with one attached hydrogen (secondary N) is 1. The number of piperidine rings is 1. The molecule has 2 unspecified atom stereocenters. The largest absolute Gasteiger partial charge is 0.314 e. The van der Waals surface area contributed by atoms with Crippen molar-refractivity contribution in [1.82, 2.24) is 20.0 Å². The van der Waals surface area contributed by atoms with Gasteiger partial charge in [-0.1, -0.05) is 20.3 Å². The second kappa shape index (κ2) is 6.34. The van der Waals surface area contributed by atoms with E-state index in [0.29, 0.717) is 6.04 Å². The molecule has 1 aliphatic heterocycles. The molecule has 2 atom stereocenters. The van der Waals surface area contributed by atoms with Crippen LogP contribution in [0.4, 0.5) is 0 Å². The van der Waals surface area contributed by atoms with Gasteiger partial charge < -0.3 is 5.32 Å². The van der Waals surface area contributed by atoms with Crippen molar-refractivity contribution >= 4 is 0 Å². The highest BCUT2D eigenvalue weighted by molar-refractivity contribution is 4.99. The minimum absolute atomic E-state index is 0.708. The first-order valence-electron chi connectivity index (χ1n) is 7.17. The molecule has 1 N–H and O–H groups in total. The summed E-state index contributed by atoms with van der Waals surface area (Å²) in [6.45, 7) is 8.97. The summed E-state index contributed by atoms with van der Waals surface area (Å²) < 4.78 is 1.89. The van der Waals surface area contributed by atoms with E-state index in [-0.39, 0.29) is 0 Å². The van der Waals surface area contributed by atoms with Crippen LogP contribution in [-0.2, 0) is 13.6 Å². The Balaban J connectivity index is 1.89. The first kappa shape index (κ1) is 13.6. The van der Waals surface area contributed by atoms with E-state index in [1.165, 1.54) is 31.6 Å². The third kappa shape index (κ3) is 3.33. The molecule has 4 heteroatoms. The highest BCUT2D eigenvalue weighted by Gasteiger charge is 2.27. The number of nitrogens with zero attached hydrogens (tertiary/aromatic N) is 3. The summed E-state index contributed by atoms with van der Waals surface area (Å²) in [5.41, 5.74) is 1.19. The quantitative estimate of drug-likeness (QED) is 0.862. The van der Waals surface area contributed by atoms with Crippen LogP contribution in [0.5, 0.6) is 0 Å². The maximum Gasteiger partial charge on any atom is 0.0764 e. The second-order valence-electron chi connectivity index (χ2n) is 5.34. The van der Waals surface area contributed by atoms with Crippen molar-refractivity contribution in [3.8, 4) is 0 Å². The van der Waals surface area contributed by atoms with E-state index in [4.69, 9.17) is 0 Å². The molecule has 1 aromatic heterocycles. The van der Waals surface area contributed by atoms with Crippen LogP contribution in [0.25, 0.3) is 0 Å². The van der Waals surface area contributed by atoms with E-state index in [2.05, 4.69) is 35.2 Å². The molecular weight excluding hydrogens is 224 g/mol. The average Bonchev–Trinajstić information content (AvgIpc) is 2.77. The van der Waals surface area contributed by atoms with Crippen molar-refractivity contribution in [2.45, 2.75) is 39.3 Å². The number of aryl methyl sites for hydroxylation is 1. The third-order valence-corrected chi connectivity index (χ3v) is 3.96. The molecule has 0 bridgehead atoms. The monoisotopic (exact) mass is 250 g/mol. The molecular formula is C14H26N4. The summed E-state index contributed by atoms with van der Waals surface area (Å²) in [5, 5.41) is 8.10. The van der Waals surface area contributed by atoms with Crippen molar-refractivity contribution in [3.05, 3.63) is 18.0 Å². The Morgan fingerprint density at radius 1 is 1.44 bits per heavy atom. The van der Waals surface area contributed by atoms with Gasteiger partial charge >= 0.3 is 0 Å². The van der Waals surface area contributed by atoms with Gasteiger partial charge in [0.15, 0.2) is 0 Å². The van der Waals surface area contributed by atoms with Crippen LogP contribution in [0.3, 0.4) is 0 Å². The van der Waals surface area contributed by atoms with Crippen LogP contribution in [-0.4, -0.2) is 40.4 Å². The molecule has 1 saturated heterocycles.